The number of hydrogen-bond donors (Lipinski definition) is 0. The van der Waals surface area contributed by atoms with Crippen molar-refractivity contribution in [2.24, 2.45) is 0 Å². The third-order valence-corrected chi connectivity index (χ3v) is 2.55. The van der Waals surface area contributed by atoms with Crippen molar-refractivity contribution in [1.29, 1.82) is 0 Å². The lowest BCUT2D eigenvalue weighted by atomic mass is 10.2. The molecule has 0 aliphatic heterocycles. The summed E-state index contributed by atoms with van der Waals surface area (Å²) in [7, 11) is 1.59. The van der Waals surface area contributed by atoms with Crippen LogP contribution in [0.15, 0.2) is 30.3 Å². The van der Waals surface area contributed by atoms with Gasteiger partial charge in [-0.25, -0.2) is 0 Å². The first-order chi connectivity index (χ1) is 7.77. The van der Waals surface area contributed by atoms with Gasteiger partial charge in [-0.15, -0.1) is 0 Å². The summed E-state index contributed by atoms with van der Waals surface area (Å²) in [5, 5.41) is 1.06. The van der Waals surface area contributed by atoms with E-state index in [1.54, 1.807) is 18.8 Å². The summed E-state index contributed by atoms with van der Waals surface area (Å²) in [6, 6.07) is 9.79. The fourth-order valence-electron chi connectivity index (χ4n) is 1.79. The zero-order valence-corrected chi connectivity index (χ0v) is 9.21. The van der Waals surface area contributed by atoms with Gasteiger partial charge in [0.25, 0.3) is 6.47 Å². The molecule has 0 fully saturated rings. The van der Waals surface area contributed by atoms with Crippen LogP contribution in [0.4, 0.5) is 0 Å². The average Bonchev–Trinajstić information content (AvgIpc) is 2.67. The van der Waals surface area contributed by atoms with Gasteiger partial charge in [-0.2, -0.15) is 4.73 Å². The summed E-state index contributed by atoms with van der Waals surface area (Å²) in [6.07, 6.45) is -0.329. The van der Waals surface area contributed by atoms with Crippen molar-refractivity contribution in [1.82, 2.24) is 4.73 Å². The third kappa shape index (κ3) is 1.62. The quantitative estimate of drug-likeness (QED) is 0.738. The maximum atomic E-state index is 10.3. The Morgan fingerprint density at radius 1 is 1.38 bits per heavy atom. The Morgan fingerprint density at radius 3 is 2.81 bits per heavy atom. The highest BCUT2D eigenvalue weighted by molar-refractivity contribution is 5.81. The second-order valence-corrected chi connectivity index (χ2v) is 3.48. The number of carbonyl (C=O) groups is 1. The van der Waals surface area contributed by atoms with Crippen LogP contribution in [0.3, 0.4) is 0 Å². The van der Waals surface area contributed by atoms with Gasteiger partial charge in [0.1, 0.15) is 13.2 Å². The van der Waals surface area contributed by atoms with Crippen LogP contribution in [-0.4, -0.2) is 18.3 Å². The SMILES string of the molecule is COn1c(C(C)OC=O)cc2ccccc21. The predicted molar refractivity (Wildman–Crippen MR) is 60.0 cm³/mol. The summed E-state index contributed by atoms with van der Waals surface area (Å²) >= 11 is 0. The Morgan fingerprint density at radius 2 is 2.12 bits per heavy atom. The second-order valence-electron chi connectivity index (χ2n) is 3.48. The topological polar surface area (TPSA) is 40.5 Å². The number of aromatic nitrogens is 1. The lowest BCUT2D eigenvalue weighted by Gasteiger charge is -2.12. The lowest BCUT2D eigenvalue weighted by molar-refractivity contribution is -0.133. The highest BCUT2D eigenvalue weighted by Crippen LogP contribution is 2.24. The molecule has 16 heavy (non-hydrogen) atoms. The molecule has 0 amide bonds. The van der Waals surface area contributed by atoms with Crippen LogP contribution in [-0.2, 0) is 9.53 Å². The number of para-hydroxylation sites is 1. The maximum absolute atomic E-state index is 10.3. The van der Waals surface area contributed by atoms with E-state index in [0.29, 0.717) is 6.47 Å². The Bertz CT molecular complexity index is 504. The van der Waals surface area contributed by atoms with E-state index in [1.807, 2.05) is 30.3 Å². The number of fused-ring (bicyclic) bond motifs is 1. The molecule has 2 rings (SSSR count). The first kappa shape index (κ1) is 10.5. The molecule has 0 bridgehead atoms. The van der Waals surface area contributed by atoms with E-state index in [9.17, 15) is 4.79 Å². The van der Waals surface area contributed by atoms with E-state index in [1.165, 1.54) is 0 Å². The Kier molecular flexibility index (Phi) is 2.81. The monoisotopic (exact) mass is 219 g/mol. The molecule has 0 N–H and O–H groups in total. The molecule has 0 spiro atoms. The first-order valence-electron chi connectivity index (χ1n) is 5.02. The molecule has 4 heteroatoms. The Balaban J connectivity index is 2.55. The van der Waals surface area contributed by atoms with Crippen molar-refractivity contribution >= 4 is 17.4 Å². The van der Waals surface area contributed by atoms with E-state index < -0.39 is 0 Å². The minimum Gasteiger partial charge on any atom is -0.458 e. The average molecular weight is 219 g/mol. The molecule has 0 radical (unpaired) electrons. The van der Waals surface area contributed by atoms with E-state index >= 15 is 0 Å². The number of carbonyl (C=O) groups excluding carboxylic acids is 1. The van der Waals surface area contributed by atoms with Gasteiger partial charge in [0.15, 0.2) is 0 Å². The van der Waals surface area contributed by atoms with Gasteiger partial charge < -0.3 is 9.57 Å². The zero-order chi connectivity index (χ0) is 11.5. The predicted octanol–water partition coefficient (Wildman–Crippen LogP) is 1.93. The second kappa shape index (κ2) is 4.26. The summed E-state index contributed by atoms with van der Waals surface area (Å²) in [5.74, 6) is 0. The fraction of sp³-hybridized carbons (Fsp3) is 0.250. The van der Waals surface area contributed by atoms with Crippen LogP contribution in [0.2, 0.25) is 0 Å². The van der Waals surface area contributed by atoms with Crippen LogP contribution >= 0.6 is 0 Å². The number of ether oxygens (including phenoxy) is 1. The number of nitrogens with zero attached hydrogens (tertiary/aromatic N) is 1. The molecule has 0 saturated carbocycles. The molecule has 1 atom stereocenters. The van der Waals surface area contributed by atoms with E-state index in [0.717, 1.165) is 16.6 Å². The van der Waals surface area contributed by atoms with Gasteiger partial charge >= 0.3 is 0 Å². The third-order valence-electron chi connectivity index (χ3n) is 2.55. The first-order valence-corrected chi connectivity index (χ1v) is 5.02. The van der Waals surface area contributed by atoms with Crippen LogP contribution in [0.25, 0.3) is 10.9 Å². The molecule has 1 aromatic heterocycles. The number of benzene rings is 1. The van der Waals surface area contributed by atoms with Gasteiger partial charge in [-0.1, -0.05) is 18.2 Å². The van der Waals surface area contributed by atoms with Crippen LogP contribution in [0.5, 0.6) is 0 Å². The van der Waals surface area contributed by atoms with Crippen molar-refractivity contribution in [3.8, 4) is 0 Å². The summed E-state index contributed by atoms with van der Waals surface area (Å²) < 4.78 is 6.59. The highest BCUT2D eigenvalue weighted by Gasteiger charge is 2.15. The molecule has 2 aromatic rings. The van der Waals surface area contributed by atoms with Crippen molar-refractivity contribution < 1.29 is 14.4 Å². The molecule has 0 aliphatic carbocycles. The molecule has 0 saturated heterocycles. The standard InChI is InChI=1S/C12H13NO3/c1-9(16-8-14)12-7-10-5-3-4-6-11(10)13(12)15-2/h3-9H,1-2H3. The Labute approximate surface area is 93.3 Å². The van der Waals surface area contributed by atoms with Crippen molar-refractivity contribution in [3.05, 3.63) is 36.0 Å². The maximum Gasteiger partial charge on any atom is 0.293 e. The molecule has 1 heterocycles. The summed E-state index contributed by atoms with van der Waals surface area (Å²) in [5.41, 5.74) is 1.78. The lowest BCUT2D eigenvalue weighted by Crippen LogP contribution is -2.12. The highest BCUT2D eigenvalue weighted by atomic mass is 16.6. The smallest absolute Gasteiger partial charge is 0.293 e. The van der Waals surface area contributed by atoms with Gasteiger partial charge in [0, 0.05) is 5.39 Å². The zero-order valence-electron chi connectivity index (χ0n) is 9.21. The van der Waals surface area contributed by atoms with Crippen molar-refractivity contribution in [2.75, 3.05) is 7.11 Å². The van der Waals surface area contributed by atoms with Crippen molar-refractivity contribution in [2.45, 2.75) is 13.0 Å². The fourth-order valence-corrected chi connectivity index (χ4v) is 1.79. The van der Waals surface area contributed by atoms with Gasteiger partial charge in [0.2, 0.25) is 0 Å². The van der Waals surface area contributed by atoms with Crippen LogP contribution in [0.1, 0.15) is 18.7 Å². The summed E-state index contributed by atoms with van der Waals surface area (Å²) in [4.78, 5) is 15.6. The summed E-state index contributed by atoms with van der Waals surface area (Å²) in [6.45, 7) is 2.25. The van der Waals surface area contributed by atoms with E-state index in [2.05, 4.69) is 0 Å². The van der Waals surface area contributed by atoms with E-state index in [4.69, 9.17) is 9.57 Å². The van der Waals surface area contributed by atoms with Gasteiger partial charge in [-0.3, -0.25) is 4.79 Å². The molecule has 4 nitrogen and oxygen atoms in total. The van der Waals surface area contributed by atoms with Crippen molar-refractivity contribution in [3.63, 3.8) is 0 Å². The Hall–Kier alpha value is -1.97. The molecule has 84 valence electrons. The number of hydrogen-bond acceptors (Lipinski definition) is 3. The molecule has 1 aromatic carbocycles. The minimum absolute atomic E-state index is 0.329. The largest absolute Gasteiger partial charge is 0.458 e. The van der Waals surface area contributed by atoms with E-state index in [-0.39, 0.29) is 6.10 Å². The molecular formula is C12H13NO3. The van der Waals surface area contributed by atoms with Gasteiger partial charge in [0.05, 0.1) is 11.2 Å². The molecule has 0 aliphatic rings. The molecular weight excluding hydrogens is 206 g/mol. The van der Waals surface area contributed by atoms with Gasteiger partial charge in [-0.05, 0) is 19.1 Å². The van der Waals surface area contributed by atoms with Crippen LogP contribution < -0.4 is 4.84 Å². The van der Waals surface area contributed by atoms with Crippen LogP contribution in [0, 0.1) is 0 Å². The molecule has 1 unspecified atom stereocenters. The minimum atomic E-state index is -0.329. The normalized spacial score (nSPS) is 12.4. The number of rotatable bonds is 4.